The van der Waals surface area contributed by atoms with Crippen LogP contribution in [-0.2, 0) is 14.3 Å². The summed E-state index contributed by atoms with van der Waals surface area (Å²) in [7, 11) is 0. The van der Waals surface area contributed by atoms with Crippen molar-refractivity contribution in [2.24, 2.45) is 11.8 Å². The van der Waals surface area contributed by atoms with Crippen molar-refractivity contribution < 1.29 is 20.1 Å². The summed E-state index contributed by atoms with van der Waals surface area (Å²) in [5.41, 5.74) is 3.32. The number of ether oxygens (including phenoxy) is 1. The summed E-state index contributed by atoms with van der Waals surface area (Å²) in [6.45, 7) is 13.6. The molecule has 0 aliphatic rings. The maximum Gasteiger partial charge on any atom is 0.329 e. The van der Waals surface area contributed by atoms with E-state index < -0.39 is 11.6 Å². The van der Waals surface area contributed by atoms with Gasteiger partial charge in [0, 0.05) is 6.42 Å². The average Bonchev–Trinajstić information content (AvgIpc) is 2.23. The first-order valence-corrected chi connectivity index (χ1v) is 7.78. The fraction of sp³-hybridized carbons (Fsp3) is 0.875. The van der Waals surface area contributed by atoms with Crippen molar-refractivity contribution in [1.29, 1.82) is 0 Å². The highest BCUT2D eigenvalue weighted by molar-refractivity contribution is 5.86. The molecule has 0 bridgehead atoms. The van der Waals surface area contributed by atoms with Crippen LogP contribution < -0.4 is 11.1 Å². The summed E-state index contributed by atoms with van der Waals surface area (Å²) in [6, 6.07) is -0.949. The quantitative estimate of drug-likeness (QED) is 0.699. The number of carbonyl (C=O) groups excluding carboxylic acids is 2. The van der Waals surface area contributed by atoms with E-state index in [1.54, 1.807) is 0 Å². The van der Waals surface area contributed by atoms with E-state index in [4.69, 9.17) is 4.74 Å². The van der Waals surface area contributed by atoms with Gasteiger partial charge in [-0.2, -0.15) is 0 Å². The molecule has 0 aromatic rings. The Bertz CT molecular complexity index is 346. The van der Waals surface area contributed by atoms with Gasteiger partial charge >= 0.3 is 5.97 Å². The van der Waals surface area contributed by atoms with E-state index >= 15 is 0 Å². The third-order valence-electron chi connectivity index (χ3n) is 2.84. The molecule has 0 radical (unpaired) electrons. The lowest BCUT2D eigenvalue weighted by atomic mass is 10.0. The average molecular weight is 301 g/mol. The summed E-state index contributed by atoms with van der Waals surface area (Å²) in [5, 5.41) is 2.80. The van der Waals surface area contributed by atoms with Crippen LogP contribution in [0.15, 0.2) is 0 Å². The van der Waals surface area contributed by atoms with Crippen molar-refractivity contribution in [1.82, 2.24) is 5.32 Å². The molecule has 0 spiro atoms. The maximum absolute atomic E-state index is 12.2. The monoisotopic (exact) mass is 301 g/mol. The standard InChI is InChI=1S/C16H32N2O3/c1-10(2)8-12(17)14(19)18-13(9-11(3)4)15(20)21-16(5,6)7/h10-13H,8-9,17H2,1-7H3,(H,18,19)/p+1/t12-,13-/m1/s1. The largest absolute Gasteiger partial charge is 0.458 e. The van der Waals surface area contributed by atoms with Gasteiger partial charge in [0.1, 0.15) is 11.6 Å². The molecule has 124 valence electrons. The van der Waals surface area contributed by atoms with Crippen molar-refractivity contribution >= 4 is 11.9 Å². The number of esters is 1. The second-order valence-corrected chi connectivity index (χ2v) is 7.55. The number of nitrogens with one attached hydrogen (secondary N) is 1. The highest BCUT2D eigenvalue weighted by Gasteiger charge is 2.30. The lowest BCUT2D eigenvalue weighted by Crippen LogP contribution is -2.69. The van der Waals surface area contributed by atoms with Crippen LogP contribution in [0.25, 0.3) is 0 Å². The van der Waals surface area contributed by atoms with E-state index in [1.165, 1.54) is 0 Å². The fourth-order valence-electron chi connectivity index (χ4n) is 2.02. The van der Waals surface area contributed by atoms with Gasteiger partial charge in [-0.05, 0) is 39.0 Å². The highest BCUT2D eigenvalue weighted by Crippen LogP contribution is 2.13. The molecular formula is C16H33N2O3+. The Hall–Kier alpha value is -1.10. The van der Waals surface area contributed by atoms with Gasteiger partial charge in [0.25, 0.3) is 5.91 Å². The van der Waals surface area contributed by atoms with Crippen LogP contribution in [-0.4, -0.2) is 29.6 Å². The molecule has 4 N–H and O–H groups in total. The van der Waals surface area contributed by atoms with Crippen LogP contribution in [0.2, 0.25) is 0 Å². The molecule has 0 saturated carbocycles. The summed E-state index contributed by atoms with van der Waals surface area (Å²) < 4.78 is 5.39. The predicted octanol–water partition coefficient (Wildman–Crippen LogP) is 1.52. The Morgan fingerprint density at radius 3 is 1.90 bits per heavy atom. The second-order valence-electron chi connectivity index (χ2n) is 7.55. The number of quaternary nitrogens is 1. The molecule has 0 heterocycles. The first kappa shape index (κ1) is 19.9. The SMILES string of the molecule is CC(C)C[C@@H]([NH3+])C(=O)N[C@H](CC(C)C)C(=O)OC(C)(C)C. The molecule has 2 atom stereocenters. The molecule has 0 aromatic heterocycles. The zero-order chi connectivity index (χ0) is 16.8. The minimum atomic E-state index is -0.604. The van der Waals surface area contributed by atoms with Gasteiger partial charge in [-0.1, -0.05) is 27.7 Å². The molecule has 0 rings (SSSR count). The Morgan fingerprint density at radius 1 is 1.05 bits per heavy atom. The molecule has 0 unspecified atom stereocenters. The van der Waals surface area contributed by atoms with Crippen molar-refractivity contribution in [3.05, 3.63) is 0 Å². The van der Waals surface area contributed by atoms with E-state index in [0.29, 0.717) is 18.8 Å². The summed E-state index contributed by atoms with van der Waals surface area (Å²) in [5.74, 6) is 0.126. The first-order chi connectivity index (χ1) is 9.42. The highest BCUT2D eigenvalue weighted by atomic mass is 16.6. The molecule has 5 heteroatoms. The lowest BCUT2D eigenvalue weighted by molar-refractivity contribution is -0.406. The fourth-order valence-corrected chi connectivity index (χ4v) is 2.02. The third-order valence-corrected chi connectivity index (χ3v) is 2.84. The smallest absolute Gasteiger partial charge is 0.329 e. The molecule has 0 aromatic carbocycles. The zero-order valence-corrected chi connectivity index (χ0v) is 14.7. The zero-order valence-electron chi connectivity index (χ0n) is 14.7. The van der Waals surface area contributed by atoms with Gasteiger partial charge in [-0.15, -0.1) is 0 Å². The summed E-state index contributed by atoms with van der Waals surface area (Å²) in [6.07, 6.45) is 1.27. The van der Waals surface area contributed by atoms with E-state index in [-0.39, 0.29) is 23.8 Å². The molecule has 0 saturated heterocycles. The molecule has 0 aliphatic heterocycles. The number of rotatable bonds is 7. The summed E-state index contributed by atoms with van der Waals surface area (Å²) in [4.78, 5) is 24.4. The first-order valence-electron chi connectivity index (χ1n) is 7.78. The molecule has 0 fully saturated rings. The van der Waals surface area contributed by atoms with E-state index in [0.717, 1.165) is 0 Å². The van der Waals surface area contributed by atoms with E-state index in [1.807, 2.05) is 48.5 Å². The number of amides is 1. The minimum absolute atomic E-state index is 0.180. The van der Waals surface area contributed by atoms with E-state index in [9.17, 15) is 9.59 Å². The Kier molecular flexibility index (Phi) is 7.93. The van der Waals surface area contributed by atoms with Crippen molar-refractivity contribution in [3.63, 3.8) is 0 Å². The van der Waals surface area contributed by atoms with Gasteiger partial charge in [0.15, 0.2) is 6.04 Å². The third kappa shape index (κ3) is 9.45. The van der Waals surface area contributed by atoms with Crippen LogP contribution in [0.1, 0.15) is 61.3 Å². The normalized spacial score (nSPS) is 15.0. The molecule has 1 amide bonds. The van der Waals surface area contributed by atoms with E-state index in [2.05, 4.69) is 11.1 Å². The second kappa shape index (κ2) is 8.37. The van der Waals surface area contributed by atoms with Gasteiger partial charge < -0.3 is 15.8 Å². The molecule has 0 aliphatic carbocycles. The Balaban J connectivity index is 4.76. The van der Waals surface area contributed by atoms with Crippen LogP contribution in [0.5, 0.6) is 0 Å². The molecular weight excluding hydrogens is 268 g/mol. The lowest BCUT2D eigenvalue weighted by Gasteiger charge is -2.26. The topological polar surface area (TPSA) is 83.0 Å². The van der Waals surface area contributed by atoms with Gasteiger partial charge in [0.2, 0.25) is 0 Å². The number of hydrogen-bond acceptors (Lipinski definition) is 3. The number of carbonyl (C=O) groups is 2. The number of hydrogen-bond donors (Lipinski definition) is 2. The minimum Gasteiger partial charge on any atom is -0.458 e. The summed E-state index contributed by atoms with van der Waals surface area (Å²) >= 11 is 0. The van der Waals surface area contributed by atoms with Crippen molar-refractivity contribution in [2.45, 2.75) is 79.0 Å². The molecule has 21 heavy (non-hydrogen) atoms. The predicted molar refractivity (Wildman–Crippen MR) is 83.4 cm³/mol. The van der Waals surface area contributed by atoms with Crippen LogP contribution in [0.4, 0.5) is 0 Å². The van der Waals surface area contributed by atoms with Gasteiger partial charge in [-0.3, -0.25) is 4.79 Å². The Labute approximate surface area is 129 Å². The maximum atomic E-state index is 12.2. The van der Waals surface area contributed by atoms with Crippen molar-refractivity contribution in [3.8, 4) is 0 Å². The van der Waals surface area contributed by atoms with Crippen molar-refractivity contribution in [2.75, 3.05) is 0 Å². The molecule has 5 nitrogen and oxygen atoms in total. The Morgan fingerprint density at radius 2 is 1.52 bits per heavy atom. The van der Waals surface area contributed by atoms with Gasteiger partial charge in [-0.25, -0.2) is 4.79 Å². The van der Waals surface area contributed by atoms with Crippen LogP contribution in [0, 0.1) is 11.8 Å². The van der Waals surface area contributed by atoms with Crippen LogP contribution >= 0.6 is 0 Å². The van der Waals surface area contributed by atoms with Crippen LogP contribution in [0.3, 0.4) is 0 Å². The van der Waals surface area contributed by atoms with Gasteiger partial charge in [0.05, 0.1) is 0 Å².